The van der Waals surface area contributed by atoms with Crippen LogP contribution in [0.2, 0.25) is 0 Å². The van der Waals surface area contributed by atoms with Gasteiger partial charge in [-0.3, -0.25) is 4.79 Å². The lowest BCUT2D eigenvalue weighted by molar-refractivity contribution is -0.137. The standard InChI is InChI=1S/C18H35NO4/c1-2-3-4-5-6-7-8-9-10-12-15-19-18(22)23-16-13-11-14-17(20)21/h2-16H2,1H3,(H,19,22)(H,20,21). The molecule has 5 heteroatoms. The maximum absolute atomic E-state index is 11.4. The molecule has 0 heterocycles. The number of alkyl carbamates (subject to hydrolysis) is 1. The van der Waals surface area contributed by atoms with E-state index in [-0.39, 0.29) is 13.0 Å². The van der Waals surface area contributed by atoms with Crippen LogP contribution in [0.3, 0.4) is 0 Å². The maximum Gasteiger partial charge on any atom is 0.407 e. The molecule has 0 aromatic heterocycles. The highest BCUT2D eigenvalue weighted by Crippen LogP contribution is 2.10. The van der Waals surface area contributed by atoms with Crippen LogP contribution in [0.15, 0.2) is 0 Å². The molecule has 0 radical (unpaired) electrons. The van der Waals surface area contributed by atoms with Crippen LogP contribution in [0.25, 0.3) is 0 Å². The van der Waals surface area contributed by atoms with E-state index in [2.05, 4.69) is 12.2 Å². The first-order valence-corrected chi connectivity index (χ1v) is 9.29. The SMILES string of the molecule is CCCCCCCCCCCCNC(=O)OCCCCC(=O)O. The molecule has 0 spiro atoms. The van der Waals surface area contributed by atoms with Crippen LogP contribution < -0.4 is 5.32 Å². The van der Waals surface area contributed by atoms with E-state index in [4.69, 9.17) is 9.84 Å². The van der Waals surface area contributed by atoms with Gasteiger partial charge in [-0.05, 0) is 19.3 Å². The molecule has 2 N–H and O–H groups in total. The molecule has 1 amide bonds. The van der Waals surface area contributed by atoms with Gasteiger partial charge in [-0.2, -0.15) is 0 Å². The van der Waals surface area contributed by atoms with E-state index in [0.29, 0.717) is 19.4 Å². The first-order valence-electron chi connectivity index (χ1n) is 9.29. The quantitative estimate of drug-likeness (QED) is 0.395. The average molecular weight is 329 g/mol. The van der Waals surface area contributed by atoms with Crippen LogP contribution in [-0.2, 0) is 9.53 Å². The Morgan fingerprint density at radius 3 is 1.96 bits per heavy atom. The third-order valence-electron chi connectivity index (χ3n) is 3.82. The molecule has 0 aromatic carbocycles. The van der Waals surface area contributed by atoms with Gasteiger partial charge < -0.3 is 15.2 Å². The number of carbonyl (C=O) groups excluding carboxylic acids is 1. The lowest BCUT2D eigenvalue weighted by atomic mass is 10.1. The molecule has 0 aromatic rings. The molecule has 0 fully saturated rings. The number of hydrogen-bond acceptors (Lipinski definition) is 3. The number of unbranched alkanes of at least 4 members (excludes halogenated alkanes) is 10. The molecule has 0 aliphatic carbocycles. The molecule has 0 unspecified atom stereocenters. The number of ether oxygens (including phenoxy) is 1. The maximum atomic E-state index is 11.4. The summed E-state index contributed by atoms with van der Waals surface area (Å²) in [6.07, 6.45) is 13.6. The van der Waals surface area contributed by atoms with Crippen molar-refractivity contribution in [1.82, 2.24) is 5.32 Å². The summed E-state index contributed by atoms with van der Waals surface area (Å²) < 4.78 is 4.97. The Morgan fingerprint density at radius 1 is 0.826 bits per heavy atom. The minimum atomic E-state index is -0.810. The van der Waals surface area contributed by atoms with Gasteiger partial charge in [0.25, 0.3) is 0 Å². The Kier molecular flexibility index (Phi) is 16.2. The summed E-state index contributed by atoms with van der Waals surface area (Å²) in [7, 11) is 0. The second-order valence-electron chi connectivity index (χ2n) is 6.10. The molecular weight excluding hydrogens is 294 g/mol. The zero-order valence-electron chi connectivity index (χ0n) is 14.8. The van der Waals surface area contributed by atoms with E-state index in [9.17, 15) is 9.59 Å². The Labute approximate surface area is 141 Å². The molecule has 136 valence electrons. The smallest absolute Gasteiger partial charge is 0.407 e. The van der Waals surface area contributed by atoms with Gasteiger partial charge in [-0.1, -0.05) is 64.7 Å². The van der Waals surface area contributed by atoms with Gasteiger partial charge >= 0.3 is 12.1 Å². The molecule has 23 heavy (non-hydrogen) atoms. The van der Waals surface area contributed by atoms with Crippen molar-refractivity contribution in [2.24, 2.45) is 0 Å². The predicted molar refractivity (Wildman–Crippen MR) is 92.7 cm³/mol. The number of aliphatic carboxylic acids is 1. The van der Waals surface area contributed by atoms with Crippen LogP contribution in [0.1, 0.15) is 90.4 Å². The van der Waals surface area contributed by atoms with Gasteiger partial charge in [-0.25, -0.2) is 4.79 Å². The van der Waals surface area contributed by atoms with Gasteiger partial charge in [0, 0.05) is 13.0 Å². The zero-order valence-corrected chi connectivity index (χ0v) is 14.8. The zero-order chi connectivity index (χ0) is 17.2. The van der Waals surface area contributed by atoms with Gasteiger partial charge in [0.05, 0.1) is 6.61 Å². The summed E-state index contributed by atoms with van der Waals surface area (Å²) in [6.45, 7) is 3.19. The summed E-state index contributed by atoms with van der Waals surface area (Å²) in [5.74, 6) is -0.810. The molecule has 0 atom stereocenters. The van der Waals surface area contributed by atoms with Crippen molar-refractivity contribution in [2.75, 3.05) is 13.2 Å². The van der Waals surface area contributed by atoms with Crippen molar-refractivity contribution in [3.05, 3.63) is 0 Å². The molecule has 0 saturated heterocycles. The van der Waals surface area contributed by atoms with Crippen LogP contribution in [0.4, 0.5) is 4.79 Å². The first kappa shape index (κ1) is 21.7. The predicted octanol–water partition coefficient (Wildman–Crippen LogP) is 4.89. The molecule has 0 bridgehead atoms. The molecule has 0 saturated carbocycles. The second kappa shape index (κ2) is 17.1. The molecule has 0 rings (SSSR count). The Balaban J connectivity index is 3.16. The number of nitrogens with one attached hydrogen (secondary N) is 1. The summed E-state index contributed by atoms with van der Waals surface area (Å²) >= 11 is 0. The molecular formula is C18H35NO4. The number of rotatable bonds is 16. The minimum absolute atomic E-state index is 0.129. The van der Waals surface area contributed by atoms with Crippen LogP contribution in [0.5, 0.6) is 0 Å². The van der Waals surface area contributed by atoms with E-state index in [1.165, 1.54) is 51.4 Å². The second-order valence-corrected chi connectivity index (χ2v) is 6.10. The first-order chi connectivity index (χ1) is 11.2. The highest BCUT2D eigenvalue weighted by Gasteiger charge is 2.02. The molecule has 0 aliphatic rings. The number of hydrogen-bond donors (Lipinski definition) is 2. The molecule has 0 aliphatic heterocycles. The lowest BCUT2D eigenvalue weighted by Gasteiger charge is -2.06. The summed E-state index contributed by atoms with van der Waals surface area (Å²) in [5, 5.41) is 11.2. The monoisotopic (exact) mass is 329 g/mol. The third kappa shape index (κ3) is 18.7. The number of carbonyl (C=O) groups is 2. The van der Waals surface area contributed by atoms with Crippen molar-refractivity contribution in [3.8, 4) is 0 Å². The summed E-state index contributed by atoms with van der Waals surface area (Å²) in [5.41, 5.74) is 0. The van der Waals surface area contributed by atoms with Crippen molar-refractivity contribution in [2.45, 2.75) is 90.4 Å². The van der Waals surface area contributed by atoms with Gasteiger partial charge in [0.1, 0.15) is 0 Å². The lowest BCUT2D eigenvalue weighted by Crippen LogP contribution is -2.25. The number of carboxylic acid groups (broad SMARTS) is 1. The van der Waals surface area contributed by atoms with Gasteiger partial charge in [-0.15, -0.1) is 0 Å². The fourth-order valence-electron chi connectivity index (χ4n) is 2.40. The minimum Gasteiger partial charge on any atom is -0.481 e. The highest BCUT2D eigenvalue weighted by molar-refractivity contribution is 5.67. The van der Waals surface area contributed by atoms with Crippen molar-refractivity contribution in [3.63, 3.8) is 0 Å². The Hall–Kier alpha value is -1.26. The van der Waals surface area contributed by atoms with Gasteiger partial charge in [0.15, 0.2) is 0 Å². The van der Waals surface area contributed by atoms with Crippen molar-refractivity contribution < 1.29 is 19.4 Å². The van der Waals surface area contributed by atoms with Crippen LogP contribution in [0, 0.1) is 0 Å². The van der Waals surface area contributed by atoms with E-state index < -0.39 is 12.1 Å². The topological polar surface area (TPSA) is 75.6 Å². The fourth-order valence-corrected chi connectivity index (χ4v) is 2.40. The van der Waals surface area contributed by atoms with E-state index in [1.54, 1.807) is 0 Å². The van der Waals surface area contributed by atoms with Crippen LogP contribution >= 0.6 is 0 Å². The van der Waals surface area contributed by atoms with E-state index >= 15 is 0 Å². The summed E-state index contributed by atoms with van der Waals surface area (Å²) in [4.78, 5) is 21.7. The Bertz CT molecular complexity index is 295. The van der Waals surface area contributed by atoms with E-state index in [0.717, 1.165) is 12.8 Å². The van der Waals surface area contributed by atoms with Crippen molar-refractivity contribution >= 4 is 12.1 Å². The average Bonchev–Trinajstić information content (AvgIpc) is 2.52. The molecule has 5 nitrogen and oxygen atoms in total. The van der Waals surface area contributed by atoms with Crippen LogP contribution in [-0.4, -0.2) is 30.3 Å². The number of carboxylic acids is 1. The highest BCUT2D eigenvalue weighted by atomic mass is 16.5. The Morgan fingerprint density at radius 2 is 1.39 bits per heavy atom. The largest absolute Gasteiger partial charge is 0.481 e. The summed E-state index contributed by atoms with van der Waals surface area (Å²) in [6, 6.07) is 0. The normalized spacial score (nSPS) is 10.5. The fraction of sp³-hybridized carbons (Fsp3) is 0.889. The van der Waals surface area contributed by atoms with E-state index in [1.807, 2.05) is 0 Å². The van der Waals surface area contributed by atoms with Crippen molar-refractivity contribution in [1.29, 1.82) is 0 Å². The third-order valence-corrected chi connectivity index (χ3v) is 3.82. The number of amides is 1. The van der Waals surface area contributed by atoms with Gasteiger partial charge in [0.2, 0.25) is 0 Å².